The molecule has 1 aliphatic rings. The summed E-state index contributed by atoms with van der Waals surface area (Å²) in [6.07, 6.45) is 0. The molecule has 3 aromatic rings. The van der Waals surface area contributed by atoms with Crippen LogP contribution in [0.5, 0.6) is 5.75 Å². The third-order valence-corrected chi connectivity index (χ3v) is 7.11. The van der Waals surface area contributed by atoms with Crippen LogP contribution in [0.25, 0.3) is 21.6 Å². The average molecular weight is 513 g/mol. The second kappa shape index (κ2) is 8.71. The molecule has 0 atom stereocenters. The first-order chi connectivity index (χ1) is 16.3. The van der Waals surface area contributed by atoms with Crippen LogP contribution in [0.2, 0.25) is 0 Å². The first kappa shape index (κ1) is 25.3. The van der Waals surface area contributed by atoms with E-state index in [0.29, 0.717) is 10.4 Å². The Morgan fingerprint density at radius 2 is 1.37 bits per heavy atom. The van der Waals surface area contributed by atoms with Crippen molar-refractivity contribution >= 4 is 22.5 Å². The summed E-state index contributed by atoms with van der Waals surface area (Å²) in [6.45, 7) is 4.12. The Hall–Kier alpha value is -2.78. The Labute approximate surface area is 202 Å². The van der Waals surface area contributed by atoms with Crippen LogP contribution >= 0.6 is 11.3 Å². The van der Waals surface area contributed by atoms with Crippen LogP contribution in [0.4, 0.5) is 26.3 Å². The predicted octanol–water partition coefficient (Wildman–Crippen LogP) is 8.15. The molecule has 0 saturated carbocycles. The van der Waals surface area contributed by atoms with E-state index in [-0.39, 0.29) is 39.7 Å². The molecule has 0 amide bonds. The van der Waals surface area contributed by atoms with Gasteiger partial charge in [0, 0.05) is 28.0 Å². The zero-order chi connectivity index (χ0) is 25.8. The van der Waals surface area contributed by atoms with Gasteiger partial charge in [0.2, 0.25) is 0 Å². The minimum atomic E-state index is -5.62. The van der Waals surface area contributed by atoms with Crippen molar-refractivity contribution in [2.45, 2.75) is 38.5 Å². The fourth-order valence-corrected chi connectivity index (χ4v) is 5.45. The number of thiophene rings is 1. The highest BCUT2D eigenvalue weighted by atomic mass is 32.1. The minimum Gasteiger partial charge on any atom is -0.468 e. The highest BCUT2D eigenvalue weighted by Gasteiger charge is 2.80. The molecule has 0 unspecified atom stereocenters. The number of hydrogen-bond donors (Lipinski definition) is 0. The van der Waals surface area contributed by atoms with Gasteiger partial charge < -0.3 is 9.47 Å². The number of allylic oxidation sites excluding steroid dienone is 2. The molecule has 4 rings (SSSR count). The predicted molar refractivity (Wildman–Crippen MR) is 125 cm³/mol. The summed E-state index contributed by atoms with van der Waals surface area (Å²) in [6, 6.07) is 12.7. The SMILES string of the molecule is COCOc1cc(C)c(C2=C(c3cc(-c4ccccc4)sc3C)C(F)(F)C(F)(F)C2(F)F)c(C)c1. The summed E-state index contributed by atoms with van der Waals surface area (Å²) >= 11 is 1.08. The van der Waals surface area contributed by atoms with E-state index < -0.39 is 28.9 Å². The van der Waals surface area contributed by atoms with Gasteiger partial charge in [-0.15, -0.1) is 11.3 Å². The number of halogens is 6. The van der Waals surface area contributed by atoms with Gasteiger partial charge >= 0.3 is 17.8 Å². The summed E-state index contributed by atoms with van der Waals surface area (Å²) in [5, 5.41) is 0. The van der Waals surface area contributed by atoms with E-state index in [1.165, 1.54) is 46.1 Å². The van der Waals surface area contributed by atoms with Crippen LogP contribution in [0.3, 0.4) is 0 Å². The molecule has 1 heterocycles. The van der Waals surface area contributed by atoms with E-state index in [9.17, 15) is 8.78 Å². The molecule has 0 N–H and O–H groups in total. The molecule has 9 heteroatoms. The second-order valence-corrected chi connectivity index (χ2v) is 9.66. The highest BCUT2D eigenvalue weighted by molar-refractivity contribution is 7.15. The van der Waals surface area contributed by atoms with E-state index in [2.05, 4.69) is 0 Å². The lowest BCUT2D eigenvalue weighted by atomic mass is 9.89. The molecule has 0 radical (unpaired) electrons. The van der Waals surface area contributed by atoms with Crippen LogP contribution in [-0.2, 0) is 4.74 Å². The molecule has 0 fully saturated rings. The van der Waals surface area contributed by atoms with Gasteiger partial charge in [-0.05, 0) is 66.8 Å². The molecular formula is C26H22F6O2S. The van der Waals surface area contributed by atoms with Crippen LogP contribution in [0.1, 0.15) is 27.1 Å². The van der Waals surface area contributed by atoms with E-state index in [4.69, 9.17) is 9.47 Å². The van der Waals surface area contributed by atoms with E-state index in [1.807, 2.05) is 0 Å². The van der Waals surface area contributed by atoms with Crippen molar-refractivity contribution < 1.29 is 35.8 Å². The first-order valence-corrected chi connectivity index (χ1v) is 11.4. The molecular weight excluding hydrogens is 490 g/mol. The average Bonchev–Trinajstić information content (AvgIpc) is 3.21. The summed E-state index contributed by atoms with van der Waals surface area (Å²) in [4.78, 5) is 0.746. The molecule has 0 saturated heterocycles. The molecule has 2 aromatic carbocycles. The quantitative estimate of drug-likeness (QED) is 0.245. The maximum absolute atomic E-state index is 15.3. The van der Waals surface area contributed by atoms with E-state index >= 15 is 17.6 Å². The Morgan fingerprint density at radius 1 is 0.800 bits per heavy atom. The van der Waals surface area contributed by atoms with Gasteiger partial charge in [0.25, 0.3) is 0 Å². The molecule has 2 nitrogen and oxygen atoms in total. The van der Waals surface area contributed by atoms with Crippen LogP contribution in [0, 0.1) is 20.8 Å². The van der Waals surface area contributed by atoms with Gasteiger partial charge in [-0.25, -0.2) is 0 Å². The van der Waals surface area contributed by atoms with Gasteiger partial charge in [0.1, 0.15) is 5.75 Å². The highest BCUT2D eigenvalue weighted by Crippen LogP contribution is 2.66. The second-order valence-electron chi connectivity index (χ2n) is 8.40. The van der Waals surface area contributed by atoms with Crippen molar-refractivity contribution in [1.29, 1.82) is 0 Å². The Morgan fingerprint density at radius 3 is 1.94 bits per heavy atom. The monoisotopic (exact) mass is 512 g/mol. The number of benzene rings is 2. The lowest BCUT2D eigenvalue weighted by molar-refractivity contribution is -0.254. The largest absolute Gasteiger partial charge is 0.468 e. The number of ether oxygens (including phenoxy) is 2. The van der Waals surface area contributed by atoms with Gasteiger partial charge in [-0.2, -0.15) is 26.3 Å². The van der Waals surface area contributed by atoms with Crippen molar-refractivity contribution in [3.8, 4) is 16.2 Å². The number of methoxy groups -OCH3 is 1. The molecule has 35 heavy (non-hydrogen) atoms. The van der Waals surface area contributed by atoms with Gasteiger partial charge in [-0.3, -0.25) is 0 Å². The Bertz CT molecular complexity index is 1270. The van der Waals surface area contributed by atoms with Crippen LogP contribution < -0.4 is 4.74 Å². The van der Waals surface area contributed by atoms with Crippen LogP contribution in [-0.4, -0.2) is 31.7 Å². The fraction of sp³-hybridized carbons (Fsp3) is 0.308. The van der Waals surface area contributed by atoms with E-state index in [0.717, 1.165) is 11.3 Å². The fourth-order valence-electron chi connectivity index (χ4n) is 4.41. The summed E-state index contributed by atoms with van der Waals surface area (Å²) < 4.78 is 101. The number of hydrogen-bond acceptors (Lipinski definition) is 3. The lowest BCUT2D eigenvalue weighted by Gasteiger charge is -2.26. The van der Waals surface area contributed by atoms with Crippen molar-refractivity contribution in [3.63, 3.8) is 0 Å². The summed E-state index contributed by atoms with van der Waals surface area (Å²) in [7, 11) is 1.39. The van der Waals surface area contributed by atoms with E-state index in [1.54, 1.807) is 30.3 Å². The number of alkyl halides is 6. The molecule has 0 bridgehead atoms. The third kappa shape index (κ3) is 3.85. The maximum atomic E-state index is 15.3. The molecule has 1 aliphatic carbocycles. The zero-order valence-corrected chi connectivity index (χ0v) is 20.1. The molecule has 186 valence electrons. The zero-order valence-electron chi connectivity index (χ0n) is 19.3. The number of rotatable bonds is 6. The van der Waals surface area contributed by atoms with Crippen LogP contribution in [0.15, 0.2) is 48.5 Å². The minimum absolute atomic E-state index is 0.105. The smallest absolute Gasteiger partial charge is 0.380 e. The van der Waals surface area contributed by atoms with Crippen molar-refractivity contribution in [2.75, 3.05) is 13.9 Å². The molecule has 0 spiro atoms. The lowest BCUT2D eigenvalue weighted by Crippen LogP contribution is -2.49. The van der Waals surface area contributed by atoms with Crippen molar-refractivity contribution in [3.05, 3.63) is 75.7 Å². The topological polar surface area (TPSA) is 18.5 Å². The Balaban J connectivity index is 2.02. The van der Waals surface area contributed by atoms with Gasteiger partial charge in [0.15, 0.2) is 6.79 Å². The molecule has 1 aromatic heterocycles. The number of aryl methyl sites for hydroxylation is 3. The maximum Gasteiger partial charge on any atom is 0.380 e. The Kier molecular flexibility index (Phi) is 6.30. The van der Waals surface area contributed by atoms with Crippen molar-refractivity contribution in [2.24, 2.45) is 0 Å². The van der Waals surface area contributed by atoms with Gasteiger partial charge in [-0.1, -0.05) is 30.3 Å². The third-order valence-electron chi connectivity index (χ3n) is 6.01. The first-order valence-electron chi connectivity index (χ1n) is 10.6. The summed E-state index contributed by atoms with van der Waals surface area (Å²) in [5.41, 5.74) is -2.49. The standard InChI is InChI=1S/C26H22F6O2S/c1-14-10-18(34-13-33-4)11-15(2)21(14)23-22(24(27,28)26(31,32)25(23,29)30)19-12-20(35-16(19)3)17-8-6-5-7-9-17/h5-12H,13H2,1-4H3. The summed E-state index contributed by atoms with van der Waals surface area (Å²) in [5.74, 6) is -15.6. The normalized spacial score (nSPS) is 18.2. The van der Waals surface area contributed by atoms with Crippen molar-refractivity contribution in [1.82, 2.24) is 0 Å². The molecule has 0 aliphatic heterocycles. The van der Waals surface area contributed by atoms with Gasteiger partial charge in [0.05, 0.1) is 0 Å².